The molecule has 0 aromatic carbocycles. The fourth-order valence-corrected chi connectivity index (χ4v) is 2.28. The van der Waals surface area contributed by atoms with E-state index in [4.69, 9.17) is 4.74 Å². The van der Waals surface area contributed by atoms with Crippen molar-refractivity contribution in [2.45, 2.75) is 31.8 Å². The number of hydrogen-bond donors (Lipinski definition) is 0. The van der Waals surface area contributed by atoms with Gasteiger partial charge in [0.1, 0.15) is 6.10 Å². The first kappa shape index (κ1) is 7.84. The molecule has 2 rings (SSSR count). The summed E-state index contributed by atoms with van der Waals surface area (Å²) in [4.78, 5) is 11.2. The molecule has 1 saturated heterocycles. The standard InChI is InChI=1S/C10H14O2/c1-2-3-7-4-5-8-6-9(7)12-10(8)11/h2,7-9H,1,3-6H2/t7-,8-,9-/m1/s1. The normalized spacial score (nSPS) is 39.3. The lowest BCUT2D eigenvalue weighted by Gasteiger charge is -2.24. The van der Waals surface area contributed by atoms with Crippen molar-refractivity contribution < 1.29 is 9.53 Å². The highest BCUT2D eigenvalue weighted by Gasteiger charge is 2.42. The van der Waals surface area contributed by atoms with Gasteiger partial charge in [-0.1, -0.05) is 6.08 Å². The molecule has 2 heteroatoms. The van der Waals surface area contributed by atoms with Gasteiger partial charge in [0.25, 0.3) is 0 Å². The number of ether oxygens (including phenoxy) is 1. The molecule has 1 aliphatic heterocycles. The van der Waals surface area contributed by atoms with Crippen LogP contribution in [0.5, 0.6) is 0 Å². The van der Waals surface area contributed by atoms with Crippen LogP contribution in [-0.2, 0) is 9.53 Å². The predicted molar refractivity (Wildman–Crippen MR) is 45.5 cm³/mol. The van der Waals surface area contributed by atoms with Gasteiger partial charge in [0.15, 0.2) is 0 Å². The molecule has 12 heavy (non-hydrogen) atoms. The molecule has 3 atom stereocenters. The first-order chi connectivity index (χ1) is 5.81. The second-order valence-electron chi connectivity index (χ2n) is 3.77. The highest BCUT2D eigenvalue weighted by molar-refractivity contribution is 5.75. The summed E-state index contributed by atoms with van der Waals surface area (Å²) >= 11 is 0. The van der Waals surface area contributed by atoms with Gasteiger partial charge in [-0.2, -0.15) is 0 Å². The van der Waals surface area contributed by atoms with Gasteiger partial charge in [0.05, 0.1) is 5.92 Å². The molecule has 0 aromatic heterocycles. The molecule has 2 aliphatic rings. The van der Waals surface area contributed by atoms with Gasteiger partial charge in [-0.05, 0) is 31.6 Å². The fourth-order valence-electron chi connectivity index (χ4n) is 2.28. The number of esters is 1. The number of carbonyl (C=O) groups is 1. The predicted octanol–water partition coefficient (Wildman–Crippen LogP) is 1.90. The smallest absolute Gasteiger partial charge is 0.309 e. The zero-order chi connectivity index (χ0) is 8.55. The topological polar surface area (TPSA) is 26.3 Å². The Morgan fingerprint density at radius 2 is 2.42 bits per heavy atom. The molecule has 1 saturated carbocycles. The molecular formula is C10H14O2. The van der Waals surface area contributed by atoms with Crippen molar-refractivity contribution in [2.75, 3.05) is 0 Å². The molecule has 0 aromatic rings. The molecule has 2 bridgehead atoms. The summed E-state index contributed by atoms with van der Waals surface area (Å²) in [7, 11) is 0. The SMILES string of the molecule is C=CC[C@@H]1CC[C@@H]2C[C@H]1OC2=O. The average molecular weight is 166 g/mol. The summed E-state index contributed by atoms with van der Waals surface area (Å²) in [6.07, 6.45) is 6.23. The van der Waals surface area contributed by atoms with Gasteiger partial charge in [0, 0.05) is 0 Å². The minimum atomic E-state index is 0.0339. The van der Waals surface area contributed by atoms with Gasteiger partial charge < -0.3 is 4.74 Å². The van der Waals surface area contributed by atoms with Gasteiger partial charge >= 0.3 is 5.97 Å². The van der Waals surface area contributed by atoms with E-state index in [0.717, 1.165) is 25.7 Å². The van der Waals surface area contributed by atoms with Crippen LogP contribution in [0, 0.1) is 11.8 Å². The maximum atomic E-state index is 11.2. The second-order valence-corrected chi connectivity index (χ2v) is 3.77. The highest BCUT2D eigenvalue weighted by Crippen LogP contribution is 2.39. The van der Waals surface area contributed by atoms with E-state index in [9.17, 15) is 4.79 Å². The summed E-state index contributed by atoms with van der Waals surface area (Å²) in [5.74, 6) is 0.799. The number of carbonyl (C=O) groups excluding carboxylic acids is 1. The Morgan fingerprint density at radius 1 is 1.58 bits per heavy atom. The third-order valence-electron chi connectivity index (χ3n) is 3.00. The number of rotatable bonds is 2. The van der Waals surface area contributed by atoms with Crippen LogP contribution >= 0.6 is 0 Å². The van der Waals surface area contributed by atoms with E-state index in [-0.39, 0.29) is 18.0 Å². The molecule has 0 radical (unpaired) electrons. The molecule has 0 unspecified atom stereocenters. The van der Waals surface area contributed by atoms with Crippen molar-refractivity contribution in [2.24, 2.45) is 11.8 Å². The Hall–Kier alpha value is -0.790. The second kappa shape index (κ2) is 2.92. The third-order valence-corrected chi connectivity index (χ3v) is 3.00. The minimum Gasteiger partial charge on any atom is -0.462 e. The Balaban J connectivity index is 2.03. The first-order valence-electron chi connectivity index (χ1n) is 4.62. The minimum absolute atomic E-state index is 0.0339. The van der Waals surface area contributed by atoms with Crippen LogP contribution in [0.15, 0.2) is 12.7 Å². The number of hydrogen-bond acceptors (Lipinski definition) is 2. The quantitative estimate of drug-likeness (QED) is 0.462. The summed E-state index contributed by atoms with van der Waals surface area (Å²) in [6, 6.07) is 0. The van der Waals surface area contributed by atoms with Crippen LogP contribution in [0.3, 0.4) is 0 Å². The van der Waals surface area contributed by atoms with Crippen molar-refractivity contribution >= 4 is 5.97 Å². The van der Waals surface area contributed by atoms with Gasteiger partial charge in [-0.3, -0.25) is 4.79 Å². The zero-order valence-electron chi connectivity index (χ0n) is 7.16. The summed E-state index contributed by atoms with van der Waals surface area (Å²) in [5, 5.41) is 0. The maximum absolute atomic E-state index is 11.2. The van der Waals surface area contributed by atoms with E-state index >= 15 is 0 Å². The maximum Gasteiger partial charge on any atom is 0.309 e. The molecule has 1 aliphatic carbocycles. The fraction of sp³-hybridized carbons (Fsp3) is 0.700. The molecule has 66 valence electrons. The molecule has 0 N–H and O–H groups in total. The summed E-state index contributed by atoms with van der Waals surface area (Å²) in [5.41, 5.74) is 0. The average Bonchev–Trinajstić information content (AvgIpc) is 2.35. The van der Waals surface area contributed by atoms with Gasteiger partial charge in [-0.25, -0.2) is 0 Å². The van der Waals surface area contributed by atoms with Gasteiger partial charge in [0.2, 0.25) is 0 Å². The van der Waals surface area contributed by atoms with Crippen molar-refractivity contribution in [3.05, 3.63) is 12.7 Å². The van der Waals surface area contributed by atoms with Crippen molar-refractivity contribution in [1.29, 1.82) is 0 Å². The lowest BCUT2D eigenvalue weighted by atomic mass is 9.81. The number of fused-ring (bicyclic) bond motifs is 2. The van der Waals surface area contributed by atoms with Crippen LogP contribution in [0.2, 0.25) is 0 Å². The number of allylic oxidation sites excluding steroid dienone is 1. The van der Waals surface area contributed by atoms with E-state index < -0.39 is 0 Å². The Kier molecular flexibility index (Phi) is 1.91. The Labute approximate surface area is 72.6 Å². The van der Waals surface area contributed by atoms with Crippen LogP contribution in [0.1, 0.15) is 25.7 Å². The molecule has 0 amide bonds. The highest BCUT2D eigenvalue weighted by atomic mass is 16.6. The van der Waals surface area contributed by atoms with Crippen molar-refractivity contribution in [1.82, 2.24) is 0 Å². The zero-order valence-corrected chi connectivity index (χ0v) is 7.16. The van der Waals surface area contributed by atoms with Crippen molar-refractivity contribution in [3.63, 3.8) is 0 Å². The van der Waals surface area contributed by atoms with E-state index in [1.165, 1.54) is 0 Å². The van der Waals surface area contributed by atoms with E-state index in [1.54, 1.807) is 0 Å². The summed E-state index contributed by atoms with van der Waals surface area (Å²) in [6.45, 7) is 3.72. The van der Waals surface area contributed by atoms with Crippen LogP contribution in [-0.4, -0.2) is 12.1 Å². The lowest BCUT2D eigenvalue weighted by molar-refractivity contribution is -0.144. The monoisotopic (exact) mass is 166 g/mol. The van der Waals surface area contributed by atoms with Crippen LogP contribution in [0.25, 0.3) is 0 Å². The molecule has 2 fully saturated rings. The first-order valence-corrected chi connectivity index (χ1v) is 4.62. The Morgan fingerprint density at radius 3 is 3.17 bits per heavy atom. The van der Waals surface area contributed by atoms with Crippen LogP contribution < -0.4 is 0 Å². The van der Waals surface area contributed by atoms with E-state index in [0.29, 0.717) is 5.92 Å². The molecule has 2 nitrogen and oxygen atoms in total. The van der Waals surface area contributed by atoms with Gasteiger partial charge in [-0.15, -0.1) is 6.58 Å². The molecule has 1 heterocycles. The van der Waals surface area contributed by atoms with E-state index in [2.05, 4.69) is 6.58 Å². The van der Waals surface area contributed by atoms with Crippen LogP contribution in [0.4, 0.5) is 0 Å². The van der Waals surface area contributed by atoms with E-state index in [1.807, 2.05) is 6.08 Å². The lowest BCUT2D eigenvalue weighted by Crippen LogP contribution is -2.22. The Bertz CT molecular complexity index is 210. The third kappa shape index (κ3) is 1.15. The largest absolute Gasteiger partial charge is 0.462 e. The molecule has 0 spiro atoms. The molecular weight excluding hydrogens is 152 g/mol. The van der Waals surface area contributed by atoms with Crippen molar-refractivity contribution in [3.8, 4) is 0 Å². The summed E-state index contributed by atoms with van der Waals surface area (Å²) < 4.78 is 5.26.